The van der Waals surface area contributed by atoms with Gasteiger partial charge in [-0.25, -0.2) is 0 Å². The van der Waals surface area contributed by atoms with Crippen LogP contribution in [0.5, 0.6) is 5.75 Å². The number of hydrogen-bond donors (Lipinski definition) is 1. The van der Waals surface area contributed by atoms with Crippen LogP contribution in [0.25, 0.3) is 0 Å². The monoisotopic (exact) mass is 628 g/mol. The lowest BCUT2D eigenvalue weighted by atomic mass is 9.85. The Morgan fingerprint density at radius 3 is 2.56 bits per heavy atom. The Kier molecular flexibility index (Phi) is 10.8. The summed E-state index contributed by atoms with van der Waals surface area (Å²) in [5.41, 5.74) is 1.69. The quantitative estimate of drug-likeness (QED) is 0.282. The Balaban J connectivity index is 1.18. The number of hydrogen-bond acceptors (Lipinski definition) is 5. The summed E-state index contributed by atoms with van der Waals surface area (Å²) in [5.74, 6) is 1.75. The fraction of sp³-hybridized carbons (Fsp3) is 0.588. The number of halogens is 2. The molecule has 3 fully saturated rings. The molecule has 1 spiro atoms. The van der Waals surface area contributed by atoms with Gasteiger partial charge in [0.05, 0.1) is 23.8 Å². The Bertz CT molecular complexity index is 1260. The number of amides is 2. The number of ether oxygens (including phenoxy) is 1. The van der Waals surface area contributed by atoms with Crippen LogP contribution in [0.1, 0.15) is 76.2 Å². The van der Waals surface area contributed by atoms with E-state index < -0.39 is 5.54 Å². The maximum atomic E-state index is 13.2. The normalized spacial score (nSPS) is 19.5. The number of likely N-dealkylation sites (tertiary alicyclic amines) is 1. The molecular weight excluding hydrogens is 583 g/mol. The van der Waals surface area contributed by atoms with Crippen molar-refractivity contribution < 1.29 is 14.3 Å². The maximum Gasteiger partial charge on any atom is 0.247 e. The topological polar surface area (TPSA) is 65.1 Å². The standard InChI is InChI=1S/C34H46Cl2N4O3/c1-3-39(32(41)26-8-4-5-9-26)19-15-25(27-13-14-30(35)31(36)22-27)10-7-18-38-20-16-34(17-21-38)33(42)37-24-40(34)28-11-6-12-29(23-28)43-2/h6,11-14,22-23,25-26H,3-5,7-10,15-21,24H2,1-2H3,(H,37,42). The lowest BCUT2D eigenvalue weighted by Crippen LogP contribution is -2.56. The van der Waals surface area contributed by atoms with Gasteiger partial charge >= 0.3 is 0 Å². The van der Waals surface area contributed by atoms with Crippen LogP contribution in [0, 0.1) is 5.92 Å². The van der Waals surface area contributed by atoms with Crippen LogP contribution < -0.4 is 15.0 Å². The number of anilines is 1. The van der Waals surface area contributed by atoms with Gasteiger partial charge in [0.2, 0.25) is 11.8 Å². The molecule has 2 aromatic rings. The van der Waals surface area contributed by atoms with Crippen LogP contribution >= 0.6 is 23.2 Å². The SMILES string of the molecule is CCN(CCC(CCCN1CCC2(CC1)C(=O)NCN2c1cccc(OC)c1)c1ccc(Cl)c(Cl)c1)C(=O)C1CCCC1. The molecule has 234 valence electrons. The van der Waals surface area contributed by atoms with Gasteiger partial charge in [-0.05, 0) is 94.2 Å². The molecule has 3 aliphatic rings. The summed E-state index contributed by atoms with van der Waals surface area (Å²) in [6, 6.07) is 14.0. The van der Waals surface area contributed by atoms with Gasteiger partial charge in [-0.1, -0.05) is 48.2 Å². The minimum atomic E-state index is -0.513. The van der Waals surface area contributed by atoms with Crippen molar-refractivity contribution in [3.05, 3.63) is 58.1 Å². The van der Waals surface area contributed by atoms with E-state index in [4.69, 9.17) is 27.9 Å². The second kappa shape index (κ2) is 14.5. The van der Waals surface area contributed by atoms with Crippen molar-refractivity contribution >= 4 is 40.7 Å². The molecule has 1 aliphatic carbocycles. The van der Waals surface area contributed by atoms with Crippen molar-refractivity contribution in [1.82, 2.24) is 15.1 Å². The summed E-state index contributed by atoms with van der Waals surface area (Å²) >= 11 is 12.7. The van der Waals surface area contributed by atoms with Crippen molar-refractivity contribution in [2.75, 3.05) is 51.4 Å². The van der Waals surface area contributed by atoms with Gasteiger partial charge in [0.25, 0.3) is 0 Å². The molecule has 7 nitrogen and oxygen atoms in total. The third-order valence-corrected chi connectivity index (χ3v) is 10.7. The highest BCUT2D eigenvalue weighted by molar-refractivity contribution is 6.42. The highest BCUT2D eigenvalue weighted by Gasteiger charge is 2.50. The predicted octanol–water partition coefficient (Wildman–Crippen LogP) is 6.72. The highest BCUT2D eigenvalue weighted by atomic mass is 35.5. The van der Waals surface area contributed by atoms with E-state index in [1.165, 1.54) is 18.4 Å². The van der Waals surface area contributed by atoms with E-state index in [0.717, 1.165) is 89.1 Å². The molecule has 1 saturated carbocycles. The minimum absolute atomic E-state index is 0.127. The Morgan fingerprint density at radius 1 is 1.09 bits per heavy atom. The molecule has 1 atom stereocenters. The summed E-state index contributed by atoms with van der Waals surface area (Å²) in [5, 5.41) is 4.24. The second-order valence-electron chi connectivity index (χ2n) is 12.4. The van der Waals surface area contributed by atoms with E-state index in [1.807, 2.05) is 30.3 Å². The lowest BCUT2D eigenvalue weighted by Gasteiger charge is -2.43. The molecule has 9 heteroatoms. The number of carbonyl (C=O) groups excluding carboxylic acids is 2. The summed E-state index contributed by atoms with van der Waals surface area (Å²) in [6.07, 6.45) is 8.92. The average molecular weight is 630 g/mol. The van der Waals surface area contributed by atoms with E-state index in [-0.39, 0.29) is 11.8 Å². The molecule has 0 bridgehead atoms. The van der Waals surface area contributed by atoms with Crippen molar-refractivity contribution in [2.24, 2.45) is 5.92 Å². The molecule has 1 unspecified atom stereocenters. The molecule has 2 amide bonds. The van der Waals surface area contributed by atoms with Gasteiger partial charge in [-0.2, -0.15) is 0 Å². The van der Waals surface area contributed by atoms with Crippen LogP contribution in [0.15, 0.2) is 42.5 Å². The average Bonchev–Trinajstić information content (AvgIpc) is 3.68. The minimum Gasteiger partial charge on any atom is -0.497 e. The second-order valence-corrected chi connectivity index (χ2v) is 13.2. The van der Waals surface area contributed by atoms with E-state index in [0.29, 0.717) is 28.5 Å². The van der Waals surface area contributed by atoms with Crippen LogP contribution in [-0.4, -0.2) is 73.7 Å². The Labute approximate surface area is 266 Å². The largest absolute Gasteiger partial charge is 0.497 e. The third kappa shape index (κ3) is 7.26. The van der Waals surface area contributed by atoms with Crippen LogP contribution in [0.4, 0.5) is 5.69 Å². The van der Waals surface area contributed by atoms with Crippen LogP contribution in [0.2, 0.25) is 10.0 Å². The first-order chi connectivity index (χ1) is 20.8. The smallest absolute Gasteiger partial charge is 0.247 e. The van der Waals surface area contributed by atoms with E-state index in [1.54, 1.807) is 7.11 Å². The van der Waals surface area contributed by atoms with Crippen molar-refractivity contribution in [3.8, 4) is 5.75 Å². The number of nitrogens with one attached hydrogen (secondary N) is 1. The number of methoxy groups -OCH3 is 1. The van der Waals surface area contributed by atoms with Crippen molar-refractivity contribution in [1.29, 1.82) is 0 Å². The molecule has 43 heavy (non-hydrogen) atoms. The molecule has 2 heterocycles. The summed E-state index contributed by atoms with van der Waals surface area (Å²) in [6.45, 7) is 6.86. The molecule has 1 N–H and O–H groups in total. The van der Waals surface area contributed by atoms with E-state index in [2.05, 4.69) is 39.1 Å². The van der Waals surface area contributed by atoms with Crippen molar-refractivity contribution in [3.63, 3.8) is 0 Å². The Hall–Kier alpha value is -2.48. The van der Waals surface area contributed by atoms with Gasteiger partial charge in [-0.3, -0.25) is 9.59 Å². The molecule has 2 saturated heterocycles. The molecule has 2 aromatic carbocycles. The number of piperidine rings is 1. The first-order valence-electron chi connectivity index (χ1n) is 16.0. The summed E-state index contributed by atoms with van der Waals surface area (Å²) in [7, 11) is 1.67. The first-order valence-corrected chi connectivity index (χ1v) is 16.8. The van der Waals surface area contributed by atoms with Crippen LogP contribution in [0.3, 0.4) is 0 Å². The highest BCUT2D eigenvalue weighted by Crippen LogP contribution is 2.38. The zero-order valence-electron chi connectivity index (χ0n) is 25.6. The van der Waals surface area contributed by atoms with Crippen molar-refractivity contribution in [2.45, 2.75) is 76.2 Å². The molecule has 0 aromatic heterocycles. The fourth-order valence-corrected chi connectivity index (χ4v) is 7.63. The zero-order valence-corrected chi connectivity index (χ0v) is 27.1. The number of nitrogens with zero attached hydrogens (tertiary/aromatic N) is 3. The third-order valence-electron chi connectivity index (χ3n) is 9.97. The zero-order chi connectivity index (χ0) is 30.4. The molecule has 2 aliphatic heterocycles. The van der Waals surface area contributed by atoms with Gasteiger partial charge in [0.15, 0.2) is 0 Å². The summed E-state index contributed by atoms with van der Waals surface area (Å²) in [4.78, 5) is 33.1. The first kappa shape index (κ1) is 31.9. The van der Waals surface area contributed by atoms with Crippen LogP contribution in [-0.2, 0) is 9.59 Å². The number of rotatable bonds is 12. The maximum absolute atomic E-state index is 13.2. The molecule has 0 radical (unpaired) electrons. The van der Waals surface area contributed by atoms with Gasteiger partial charge in [0.1, 0.15) is 11.3 Å². The van der Waals surface area contributed by atoms with Gasteiger partial charge in [-0.15, -0.1) is 0 Å². The summed E-state index contributed by atoms with van der Waals surface area (Å²) < 4.78 is 5.44. The van der Waals surface area contributed by atoms with Gasteiger partial charge in [0, 0.05) is 43.9 Å². The molecular formula is C34H46Cl2N4O3. The number of benzene rings is 2. The molecule has 5 rings (SSSR count). The van der Waals surface area contributed by atoms with E-state index >= 15 is 0 Å². The fourth-order valence-electron chi connectivity index (χ4n) is 7.32. The number of carbonyl (C=O) groups is 2. The van der Waals surface area contributed by atoms with Gasteiger partial charge < -0.3 is 24.8 Å². The van der Waals surface area contributed by atoms with E-state index in [9.17, 15) is 9.59 Å². The predicted molar refractivity (Wildman–Crippen MR) is 174 cm³/mol. The Morgan fingerprint density at radius 2 is 1.86 bits per heavy atom. The lowest BCUT2D eigenvalue weighted by molar-refractivity contribution is -0.135.